The van der Waals surface area contributed by atoms with Crippen molar-refractivity contribution in [3.8, 4) is 0 Å². The van der Waals surface area contributed by atoms with E-state index in [-0.39, 0.29) is 11.3 Å². The molecule has 0 radical (unpaired) electrons. The Morgan fingerprint density at radius 3 is 2.82 bits per heavy atom. The molecule has 0 spiro atoms. The number of anilines is 1. The molecule has 0 bridgehead atoms. The monoisotopic (exact) mass is 302 g/mol. The van der Waals surface area contributed by atoms with Crippen LogP contribution in [-0.2, 0) is 0 Å². The summed E-state index contributed by atoms with van der Waals surface area (Å²) in [5.41, 5.74) is 0.915. The second-order valence-electron chi connectivity index (χ2n) is 6.81. The molecule has 0 aliphatic carbocycles. The summed E-state index contributed by atoms with van der Waals surface area (Å²) in [4.78, 5) is 19.3. The SMILES string of the molecule is CC1(CNC(=O)c2cccnc2N2CCCC2)CCNCC1. The number of nitrogens with zero attached hydrogens (tertiary/aromatic N) is 2. The lowest BCUT2D eigenvalue weighted by molar-refractivity contribution is 0.0922. The highest BCUT2D eigenvalue weighted by molar-refractivity contribution is 5.98. The summed E-state index contributed by atoms with van der Waals surface area (Å²) < 4.78 is 0. The Morgan fingerprint density at radius 2 is 2.09 bits per heavy atom. The summed E-state index contributed by atoms with van der Waals surface area (Å²) in [6.45, 7) is 7.08. The average molecular weight is 302 g/mol. The lowest BCUT2D eigenvalue weighted by atomic mass is 9.81. The van der Waals surface area contributed by atoms with Crippen molar-refractivity contribution in [1.29, 1.82) is 0 Å². The molecule has 5 nitrogen and oxygen atoms in total. The Kier molecular flexibility index (Phi) is 4.62. The maximum atomic E-state index is 12.6. The van der Waals surface area contributed by atoms with Crippen LogP contribution in [0.3, 0.4) is 0 Å². The number of hydrogen-bond acceptors (Lipinski definition) is 4. The van der Waals surface area contributed by atoms with Crippen LogP contribution in [0.5, 0.6) is 0 Å². The van der Waals surface area contributed by atoms with Crippen molar-refractivity contribution in [3.63, 3.8) is 0 Å². The van der Waals surface area contributed by atoms with Gasteiger partial charge in [0.05, 0.1) is 5.56 Å². The summed E-state index contributed by atoms with van der Waals surface area (Å²) in [5.74, 6) is 0.850. The van der Waals surface area contributed by atoms with Crippen molar-refractivity contribution in [2.45, 2.75) is 32.6 Å². The molecule has 2 saturated heterocycles. The number of carbonyl (C=O) groups is 1. The quantitative estimate of drug-likeness (QED) is 0.890. The Hall–Kier alpha value is -1.62. The topological polar surface area (TPSA) is 57.3 Å². The van der Waals surface area contributed by atoms with Gasteiger partial charge in [-0.05, 0) is 56.3 Å². The normalized spacial score (nSPS) is 20.9. The molecule has 2 aliphatic heterocycles. The third-order valence-corrected chi connectivity index (χ3v) is 4.92. The Bertz CT molecular complexity index is 519. The van der Waals surface area contributed by atoms with E-state index in [4.69, 9.17) is 0 Å². The molecule has 1 amide bonds. The highest BCUT2D eigenvalue weighted by Gasteiger charge is 2.28. The second-order valence-corrected chi connectivity index (χ2v) is 6.81. The number of rotatable bonds is 4. The van der Waals surface area contributed by atoms with E-state index in [0.29, 0.717) is 5.56 Å². The molecular formula is C17H26N4O. The third-order valence-electron chi connectivity index (χ3n) is 4.92. The fourth-order valence-corrected chi connectivity index (χ4v) is 3.35. The largest absolute Gasteiger partial charge is 0.356 e. The van der Waals surface area contributed by atoms with Crippen molar-refractivity contribution in [1.82, 2.24) is 15.6 Å². The molecule has 0 unspecified atom stereocenters. The molecule has 22 heavy (non-hydrogen) atoms. The number of pyridine rings is 1. The maximum Gasteiger partial charge on any atom is 0.255 e. The molecule has 0 atom stereocenters. The van der Waals surface area contributed by atoms with Crippen LogP contribution in [0.4, 0.5) is 5.82 Å². The van der Waals surface area contributed by atoms with E-state index in [1.165, 1.54) is 12.8 Å². The predicted molar refractivity (Wildman–Crippen MR) is 88.2 cm³/mol. The molecule has 1 aromatic heterocycles. The van der Waals surface area contributed by atoms with E-state index in [1.807, 2.05) is 12.1 Å². The van der Waals surface area contributed by atoms with Gasteiger partial charge in [-0.25, -0.2) is 4.98 Å². The molecule has 1 aromatic rings. The molecule has 5 heteroatoms. The number of aromatic nitrogens is 1. The number of piperidine rings is 1. The first kappa shape index (κ1) is 15.3. The van der Waals surface area contributed by atoms with Crippen LogP contribution in [0, 0.1) is 5.41 Å². The van der Waals surface area contributed by atoms with Crippen LogP contribution in [-0.4, -0.2) is 43.6 Å². The number of amides is 1. The first-order chi connectivity index (χ1) is 10.7. The van der Waals surface area contributed by atoms with Gasteiger partial charge in [-0.1, -0.05) is 6.92 Å². The van der Waals surface area contributed by atoms with Crippen LogP contribution < -0.4 is 15.5 Å². The summed E-state index contributed by atoms with van der Waals surface area (Å²) in [6.07, 6.45) is 6.36. The lowest BCUT2D eigenvalue weighted by Gasteiger charge is -2.34. The minimum atomic E-state index is 0.00903. The number of nitrogens with one attached hydrogen (secondary N) is 2. The van der Waals surface area contributed by atoms with Gasteiger partial charge in [0.25, 0.3) is 5.91 Å². The molecule has 0 aromatic carbocycles. The van der Waals surface area contributed by atoms with E-state index in [1.54, 1.807) is 6.20 Å². The molecule has 3 rings (SSSR count). The minimum absolute atomic E-state index is 0.00903. The third kappa shape index (κ3) is 3.40. The van der Waals surface area contributed by atoms with Crippen molar-refractivity contribution < 1.29 is 4.79 Å². The van der Waals surface area contributed by atoms with Gasteiger partial charge in [0.15, 0.2) is 0 Å². The Balaban J connectivity index is 1.67. The Labute approximate surface area is 132 Å². The van der Waals surface area contributed by atoms with E-state index in [2.05, 4.69) is 27.4 Å². The maximum absolute atomic E-state index is 12.6. The summed E-state index contributed by atoms with van der Waals surface area (Å²) in [6, 6.07) is 3.74. The van der Waals surface area contributed by atoms with Crippen LogP contribution >= 0.6 is 0 Å². The van der Waals surface area contributed by atoms with Crippen molar-refractivity contribution in [2.24, 2.45) is 5.41 Å². The second kappa shape index (κ2) is 6.65. The van der Waals surface area contributed by atoms with Crippen LogP contribution in [0.15, 0.2) is 18.3 Å². The number of hydrogen-bond donors (Lipinski definition) is 2. The van der Waals surface area contributed by atoms with E-state index < -0.39 is 0 Å². The standard InChI is InChI=1S/C17H26N4O/c1-17(6-9-18-10-7-17)13-20-16(22)14-5-4-8-19-15(14)21-11-2-3-12-21/h4-5,8,18H,2-3,6-7,9-13H2,1H3,(H,20,22). The average Bonchev–Trinajstić information content (AvgIpc) is 3.08. The van der Waals surface area contributed by atoms with Gasteiger partial charge in [0.1, 0.15) is 5.82 Å². The molecular weight excluding hydrogens is 276 g/mol. The molecule has 2 N–H and O–H groups in total. The summed E-state index contributed by atoms with van der Waals surface area (Å²) >= 11 is 0. The predicted octanol–water partition coefficient (Wildman–Crippen LogP) is 1.80. The van der Waals surface area contributed by atoms with E-state index >= 15 is 0 Å². The smallest absolute Gasteiger partial charge is 0.255 e. The molecule has 3 heterocycles. The minimum Gasteiger partial charge on any atom is -0.356 e. The van der Waals surface area contributed by atoms with Gasteiger partial charge in [0.2, 0.25) is 0 Å². The van der Waals surface area contributed by atoms with Crippen LogP contribution in [0.1, 0.15) is 43.0 Å². The fraction of sp³-hybridized carbons (Fsp3) is 0.647. The Morgan fingerprint density at radius 1 is 1.36 bits per heavy atom. The van der Waals surface area contributed by atoms with Crippen molar-refractivity contribution in [3.05, 3.63) is 23.9 Å². The first-order valence-electron chi connectivity index (χ1n) is 8.37. The van der Waals surface area contributed by atoms with Gasteiger partial charge in [-0.3, -0.25) is 4.79 Å². The molecule has 120 valence electrons. The highest BCUT2D eigenvalue weighted by atomic mass is 16.1. The van der Waals surface area contributed by atoms with Gasteiger partial charge in [0, 0.05) is 25.8 Å². The first-order valence-corrected chi connectivity index (χ1v) is 8.37. The van der Waals surface area contributed by atoms with Crippen LogP contribution in [0.25, 0.3) is 0 Å². The number of carbonyl (C=O) groups excluding carboxylic acids is 1. The zero-order valence-electron chi connectivity index (χ0n) is 13.4. The molecule has 0 saturated carbocycles. The molecule has 2 aliphatic rings. The van der Waals surface area contributed by atoms with Crippen molar-refractivity contribution >= 4 is 11.7 Å². The lowest BCUT2D eigenvalue weighted by Crippen LogP contribution is -2.43. The van der Waals surface area contributed by atoms with Crippen molar-refractivity contribution in [2.75, 3.05) is 37.6 Å². The molecule has 2 fully saturated rings. The van der Waals surface area contributed by atoms with Gasteiger partial charge >= 0.3 is 0 Å². The summed E-state index contributed by atoms with van der Waals surface area (Å²) in [5, 5.41) is 6.52. The van der Waals surface area contributed by atoms with Gasteiger partial charge in [-0.2, -0.15) is 0 Å². The fourth-order valence-electron chi connectivity index (χ4n) is 3.35. The highest BCUT2D eigenvalue weighted by Crippen LogP contribution is 2.27. The van der Waals surface area contributed by atoms with Crippen LogP contribution in [0.2, 0.25) is 0 Å². The van der Waals surface area contributed by atoms with E-state index in [0.717, 1.165) is 51.4 Å². The van der Waals surface area contributed by atoms with Gasteiger partial charge < -0.3 is 15.5 Å². The van der Waals surface area contributed by atoms with Gasteiger partial charge in [-0.15, -0.1) is 0 Å². The summed E-state index contributed by atoms with van der Waals surface area (Å²) in [7, 11) is 0. The van der Waals surface area contributed by atoms with E-state index in [9.17, 15) is 4.79 Å². The zero-order chi connectivity index (χ0) is 15.4. The zero-order valence-corrected chi connectivity index (χ0v) is 13.4.